The molecule has 0 aliphatic heterocycles. The monoisotopic (exact) mass is 247 g/mol. The highest BCUT2D eigenvalue weighted by Gasteiger charge is 2.17. The van der Waals surface area contributed by atoms with Crippen LogP contribution in [0.5, 0.6) is 0 Å². The average molecular weight is 247 g/mol. The molecular formula is C13H21N5. The lowest BCUT2D eigenvalue weighted by atomic mass is 10.2. The third-order valence-corrected chi connectivity index (χ3v) is 3.10. The van der Waals surface area contributed by atoms with Crippen LogP contribution in [0.4, 0.5) is 11.6 Å². The summed E-state index contributed by atoms with van der Waals surface area (Å²) < 4.78 is 0. The first-order valence-electron chi connectivity index (χ1n) is 6.20. The van der Waals surface area contributed by atoms with E-state index in [1.54, 1.807) is 0 Å². The van der Waals surface area contributed by atoms with Gasteiger partial charge in [0.05, 0.1) is 12.5 Å². The van der Waals surface area contributed by atoms with E-state index in [-0.39, 0.29) is 6.04 Å². The second-order valence-corrected chi connectivity index (χ2v) is 4.36. The lowest BCUT2D eigenvalue weighted by Crippen LogP contribution is -2.30. The molecule has 0 saturated carbocycles. The van der Waals surface area contributed by atoms with E-state index in [4.69, 9.17) is 5.26 Å². The molecule has 0 amide bonds. The zero-order chi connectivity index (χ0) is 13.7. The van der Waals surface area contributed by atoms with Crippen molar-refractivity contribution in [1.29, 1.82) is 5.26 Å². The molecule has 1 aromatic rings. The molecular weight excluding hydrogens is 226 g/mol. The fourth-order valence-corrected chi connectivity index (χ4v) is 1.77. The molecule has 1 rings (SSSR count). The Hall–Kier alpha value is -1.83. The molecule has 0 aliphatic carbocycles. The third kappa shape index (κ3) is 2.89. The van der Waals surface area contributed by atoms with E-state index < -0.39 is 0 Å². The maximum absolute atomic E-state index is 8.78. The summed E-state index contributed by atoms with van der Waals surface area (Å²) >= 11 is 0. The molecule has 0 aliphatic rings. The molecule has 1 aromatic heterocycles. The highest BCUT2D eigenvalue weighted by atomic mass is 15.2. The van der Waals surface area contributed by atoms with Gasteiger partial charge < -0.3 is 10.2 Å². The molecule has 0 fully saturated rings. The van der Waals surface area contributed by atoms with Crippen molar-refractivity contribution in [2.24, 2.45) is 0 Å². The Morgan fingerprint density at radius 2 is 2.11 bits per heavy atom. The summed E-state index contributed by atoms with van der Waals surface area (Å²) in [6.45, 7) is 6.05. The first-order chi connectivity index (χ1) is 8.54. The minimum Gasteiger partial charge on any atom is -0.373 e. The highest BCUT2D eigenvalue weighted by Crippen LogP contribution is 2.24. The number of aryl methyl sites for hydroxylation is 1. The molecule has 0 radical (unpaired) electrons. The normalized spacial score (nSPS) is 11.8. The van der Waals surface area contributed by atoms with Crippen molar-refractivity contribution in [3.8, 4) is 6.07 Å². The van der Waals surface area contributed by atoms with Gasteiger partial charge in [0.2, 0.25) is 0 Å². The van der Waals surface area contributed by atoms with Crippen molar-refractivity contribution < 1.29 is 0 Å². The van der Waals surface area contributed by atoms with Crippen molar-refractivity contribution in [1.82, 2.24) is 9.97 Å². The molecule has 0 saturated heterocycles. The Morgan fingerprint density at radius 3 is 2.61 bits per heavy atom. The number of rotatable bonds is 5. The van der Waals surface area contributed by atoms with Crippen LogP contribution in [0.1, 0.15) is 31.7 Å². The second-order valence-electron chi connectivity index (χ2n) is 4.36. The quantitative estimate of drug-likeness (QED) is 0.863. The summed E-state index contributed by atoms with van der Waals surface area (Å²) in [6, 6.07) is 2.33. The van der Waals surface area contributed by atoms with Crippen LogP contribution >= 0.6 is 0 Å². The second kappa shape index (κ2) is 6.20. The van der Waals surface area contributed by atoms with E-state index in [0.717, 1.165) is 29.4 Å². The molecule has 5 heteroatoms. The van der Waals surface area contributed by atoms with Gasteiger partial charge >= 0.3 is 0 Å². The molecule has 1 unspecified atom stereocenters. The van der Waals surface area contributed by atoms with Gasteiger partial charge in [-0.1, -0.05) is 6.92 Å². The van der Waals surface area contributed by atoms with Gasteiger partial charge in [-0.3, -0.25) is 0 Å². The molecule has 1 N–H and O–H groups in total. The minimum atomic E-state index is 0.137. The summed E-state index contributed by atoms with van der Waals surface area (Å²) in [5, 5.41) is 11.9. The number of nitrogens with one attached hydrogen (secondary N) is 1. The number of nitrogens with zero attached hydrogens (tertiary/aromatic N) is 4. The van der Waals surface area contributed by atoms with Crippen LogP contribution < -0.4 is 10.2 Å². The van der Waals surface area contributed by atoms with Crippen LogP contribution in [0.25, 0.3) is 0 Å². The van der Waals surface area contributed by atoms with Gasteiger partial charge in [-0.25, -0.2) is 9.97 Å². The lowest BCUT2D eigenvalue weighted by Gasteiger charge is -2.26. The first-order valence-corrected chi connectivity index (χ1v) is 6.20. The van der Waals surface area contributed by atoms with Crippen LogP contribution in [0, 0.1) is 18.3 Å². The first kappa shape index (κ1) is 14.2. The zero-order valence-electron chi connectivity index (χ0n) is 11.8. The fraction of sp³-hybridized carbons (Fsp3) is 0.615. The summed E-state index contributed by atoms with van der Waals surface area (Å²) in [5.41, 5.74) is 1.02. The van der Waals surface area contributed by atoms with Crippen LogP contribution in [0.2, 0.25) is 0 Å². The van der Waals surface area contributed by atoms with Gasteiger partial charge in [-0.2, -0.15) is 5.26 Å². The van der Waals surface area contributed by atoms with Crippen molar-refractivity contribution in [2.45, 2.75) is 39.7 Å². The summed E-state index contributed by atoms with van der Waals surface area (Å²) in [5.74, 6) is 2.57. The molecule has 1 atom stereocenters. The topological polar surface area (TPSA) is 64.8 Å². The average Bonchev–Trinajstić information content (AvgIpc) is 2.38. The number of anilines is 2. The van der Waals surface area contributed by atoms with E-state index in [1.807, 2.05) is 39.8 Å². The van der Waals surface area contributed by atoms with Gasteiger partial charge in [-0.15, -0.1) is 0 Å². The molecule has 0 spiro atoms. The Morgan fingerprint density at radius 1 is 1.44 bits per heavy atom. The fourth-order valence-electron chi connectivity index (χ4n) is 1.77. The standard InChI is InChI=1S/C13H21N5/c1-6-11-16-12(15-4)10(3)13(17-11)18(5)9(2)7-8-14/h9H,6-7H2,1-5H3,(H,15,16,17). The van der Waals surface area contributed by atoms with E-state index in [2.05, 4.69) is 21.4 Å². The van der Waals surface area contributed by atoms with E-state index in [0.29, 0.717) is 6.42 Å². The van der Waals surface area contributed by atoms with Gasteiger partial charge in [0.25, 0.3) is 0 Å². The summed E-state index contributed by atoms with van der Waals surface area (Å²) in [7, 11) is 3.83. The summed E-state index contributed by atoms with van der Waals surface area (Å²) in [6.07, 6.45) is 1.28. The van der Waals surface area contributed by atoms with Crippen LogP contribution in [0.15, 0.2) is 0 Å². The predicted octanol–water partition coefficient (Wildman–Crippen LogP) is 2.13. The molecule has 0 bridgehead atoms. The smallest absolute Gasteiger partial charge is 0.137 e. The third-order valence-electron chi connectivity index (χ3n) is 3.10. The maximum Gasteiger partial charge on any atom is 0.137 e. The Kier molecular flexibility index (Phi) is 4.90. The van der Waals surface area contributed by atoms with Gasteiger partial charge in [0, 0.05) is 32.1 Å². The van der Waals surface area contributed by atoms with Gasteiger partial charge in [-0.05, 0) is 13.8 Å². The zero-order valence-corrected chi connectivity index (χ0v) is 11.8. The van der Waals surface area contributed by atoms with E-state index >= 15 is 0 Å². The number of hydrogen-bond donors (Lipinski definition) is 1. The lowest BCUT2D eigenvalue weighted by molar-refractivity contribution is 0.687. The molecule has 5 nitrogen and oxygen atoms in total. The van der Waals surface area contributed by atoms with Crippen molar-refractivity contribution >= 4 is 11.6 Å². The van der Waals surface area contributed by atoms with Crippen molar-refractivity contribution in [2.75, 3.05) is 24.3 Å². The van der Waals surface area contributed by atoms with Crippen molar-refractivity contribution in [3.63, 3.8) is 0 Å². The Labute approximate surface area is 109 Å². The van der Waals surface area contributed by atoms with Gasteiger partial charge in [0.1, 0.15) is 17.5 Å². The molecule has 0 aromatic carbocycles. The number of hydrogen-bond acceptors (Lipinski definition) is 5. The Bertz CT molecular complexity index is 449. The minimum absolute atomic E-state index is 0.137. The highest BCUT2D eigenvalue weighted by molar-refractivity contribution is 5.58. The maximum atomic E-state index is 8.78. The van der Waals surface area contributed by atoms with Crippen LogP contribution in [0.3, 0.4) is 0 Å². The SMILES string of the molecule is CCc1nc(NC)c(C)c(N(C)C(C)CC#N)n1. The van der Waals surface area contributed by atoms with E-state index in [9.17, 15) is 0 Å². The largest absolute Gasteiger partial charge is 0.373 e. The number of aromatic nitrogens is 2. The van der Waals surface area contributed by atoms with Crippen LogP contribution in [-0.2, 0) is 6.42 Å². The Balaban J connectivity index is 3.18. The molecule has 98 valence electrons. The number of nitriles is 1. The van der Waals surface area contributed by atoms with Crippen molar-refractivity contribution in [3.05, 3.63) is 11.4 Å². The molecule has 18 heavy (non-hydrogen) atoms. The van der Waals surface area contributed by atoms with Gasteiger partial charge in [0.15, 0.2) is 0 Å². The summed E-state index contributed by atoms with van der Waals surface area (Å²) in [4.78, 5) is 11.1. The van der Waals surface area contributed by atoms with Crippen LogP contribution in [-0.4, -0.2) is 30.1 Å². The van der Waals surface area contributed by atoms with E-state index in [1.165, 1.54) is 0 Å². The molecule has 1 heterocycles. The predicted molar refractivity (Wildman–Crippen MR) is 73.8 cm³/mol.